The first kappa shape index (κ1) is 17.7. The van der Waals surface area contributed by atoms with Crippen molar-refractivity contribution in [3.63, 3.8) is 0 Å². The molecule has 2 N–H and O–H groups in total. The Morgan fingerprint density at radius 2 is 2.04 bits per heavy atom. The molecule has 0 aliphatic carbocycles. The predicted molar refractivity (Wildman–Crippen MR) is 92.7 cm³/mol. The lowest BCUT2D eigenvalue weighted by Gasteiger charge is -2.15. The summed E-state index contributed by atoms with van der Waals surface area (Å²) in [7, 11) is 0. The number of pyridine rings is 2. The van der Waals surface area contributed by atoms with Crippen LogP contribution in [-0.2, 0) is 6.54 Å². The maximum Gasteiger partial charge on any atom is 0.315 e. The van der Waals surface area contributed by atoms with Gasteiger partial charge >= 0.3 is 6.03 Å². The van der Waals surface area contributed by atoms with E-state index in [1.54, 1.807) is 12.4 Å². The first-order valence-corrected chi connectivity index (χ1v) is 8.22. The second-order valence-electron chi connectivity index (χ2n) is 5.47. The number of ether oxygens (including phenoxy) is 1. The number of aromatic nitrogens is 2. The van der Waals surface area contributed by atoms with E-state index in [-0.39, 0.29) is 12.1 Å². The van der Waals surface area contributed by atoms with Crippen molar-refractivity contribution in [3.05, 3.63) is 54.0 Å². The molecular formula is C18H24N4O2. The van der Waals surface area contributed by atoms with E-state index in [1.165, 1.54) is 0 Å². The zero-order valence-corrected chi connectivity index (χ0v) is 14.2. The molecule has 0 aromatic carbocycles. The van der Waals surface area contributed by atoms with Crippen LogP contribution >= 0.6 is 0 Å². The minimum Gasteiger partial charge on any atom is -0.477 e. The van der Waals surface area contributed by atoms with Gasteiger partial charge in [0.1, 0.15) is 0 Å². The fourth-order valence-electron chi connectivity index (χ4n) is 2.13. The molecule has 2 rings (SSSR count). The lowest BCUT2D eigenvalue weighted by molar-refractivity contribution is 0.237. The summed E-state index contributed by atoms with van der Waals surface area (Å²) >= 11 is 0. The molecule has 0 aliphatic heterocycles. The summed E-state index contributed by atoms with van der Waals surface area (Å²) in [6.07, 6.45) is 5.44. The predicted octanol–water partition coefficient (Wildman–Crippen LogP) is 3.22. The van der Waals surface area contributed by atoms with Crippen LogP contribution in [0.2, 0.25) is 0 Å². The first-order chi connectivity index (χ1) is 11.7. The number of nitrogens with zero attached hydrogens (tertiary/aromatic N) is 2. The highest BCUT2D eigenvalue weighted by molar-refractivity contribution is 5.74. The third-order valence-corrected chi connectivity index (χ3v) is 3.51. The van der Waals surface area contributed by atoms with Crippen LogP contribution in [0.5, 0.6) is 5.88 Å². The smallest absolute Gasteiger partial charge is 0.315 e. The number of urea groups is 1. The highest BCUT2D eigenvalue weighted by Gasteiger charge is 2.11. The topological polar surface area (TPSA) is 76.1 Å². The number of hydrogen-bond acceptors (Lipinski definition) is 4. The number of rotatable bonds is 8. The van der Waals surface area contributed by atoms with Crippen LogP contribution in [0.3, 0.4) is 0 Å². The summed E-state index contributed by atoms with van der Waals surface area (Å²) < 4.78 is 5.67. The van der Waals surface area contributed by atoms with Crippen molar-refractivity contribution in [2.75, 3.05) is 6.61 Å². The Morgan fingerprint density at radius 1 is 1.21 bits per heavy atom. The molecule has 0 fully saturated rings. The zero-order valence-electron chi connectivity index (χ0n) is 14.2. The third-order valence-electron chi connectivity index (χ3n) is 3.51. The molecule has 0 unspecified atom stereocenters. The van der Waals surface area contributed by atoms with E-state index in [2.05, 4.69) is 27.5 Å². The first-order valence-electron chi connectivity index (χ1n) is 8.22. The van der Waals surface area contributed by atoms with Crippen LogP contribution in [0, 0.1) is 0 Å². The van der Waals surface area contributed by atoms with Gasteiger partial charge in [-0.2, -0.15) is 0 Å². The van der Waals surface area contributed by atoms with Gasteiger partial charge in [-0.1, -0.05) is 25.5 Å². The summed E-state index contributed by atoms with van der Waals surface area (Å²) in [5.74, 6) is 0.573. The van der Waals surface area contributed by atoms with E-state index in [0.29, 0.717) is 19.0 Å². The summed E-state index contributed by atoms with van der Waals surface area (Å²) in [5, 5.41) is 5.70. The van der Waals surface area contributed by atoms with Gasteiger partial charge in [0.05, 0.1) is 18.3 Å². The van der Waals surface area contributed by atoms with Gasteiger partial charge in [-0.3, -0.25) is 4.98 Å². The Bertz CT molecular complexity index is 634. The molecule has 2 amide bonds. The summed E-state index contributed by atoms with van der Waals surface area (Å²) in [5.41, 5.74) is 1.67. The monoisotopic (exact) mass is 328 g/mol. The third kappa shape index (κ3) is 5.53. The maximum atomic E-state index is 12.1. The van der Waals surface area contributed by atoms with E-state index < -0.39 is 0 Å². The van der Waals surface area contributed by atoms with E-state index in [1.807, 2.05) is 37.3 Å². The van der Waals surface area contributed by atoms with Gasteiger partial charge < -0.3 is 15.4 Å². The molecule has 128 valence electrons. The van der Waals surface area contributed by atoms with Crippen molar-refractivity contribution in [1.29, 1.82) is 0 Å². The Kier molecular flexibility index (Phi) is 7.01. The van der Waals surface area contributed by atoms with E-state index in [4.69, 9.17) is 4.74 Å². The minimum atomic E-state index is -0.253. The van der Waals surface area contributed by atoms with Crippen molar-refractivity contribution < 1.29 is 9.53 Å². The molecule has 0 bridgehead atoms. The van der Waals surface area contributed by atoms with Gasteiger partial charge in [0.25, 0.3) is 0 Å². The quantitative estimate of drug-likeness (QED) is 0.730. The number of carbonyl (C=O) groups is 1. The van der Waals surface area contributed by atoms with Crippen LogP contribution in [0.25, 0.3) is 0 Å². The normalized spacial score (nSPS) is 11.6. The Morgan fingerprint density at radius 3 is 2.79 bits per heavy atom. The van der Waals surface area contributed by atoms with Crippen molar-refractivity contribution in [2.24, 2.45) is 0 Å². The lowest BCUT2D eigenvalue weighted by Crippen LogP contribution is -2.37. The standard InChI is InChI=1S/C18H24N4O2/c1-3-4-12-24-17-15(8-7-11-20-17)13-21-18(23)22-14(2)16-9-5-6-10-19-16/h5-11,14H,3-4,12-13H2,1-2H3,(H2,21,22,23)/t14-/m1/s1. The van der Waals surface area contributed by atoms with E-state index >= 15 is 0 Å². The molecule has 2 heterocycles. The number of amides is 2. The van der Waals surface area contributed by atoms with Crippen molar-refractivity contribution in [2.45, 2.75) is 39.3 Å². The molecule has 0 saturated carbocycles. The average Bonchev–Trinajstić information content (AvgIpc) is 2.62. The van der Waals surface area contributed by atoms with E-state index in [0.717, 1.165) is 24.1 Å². The van der Waals surface area contributed by atoms with Crippen LogP contribution < -0.4 is 15.4 Å². The summed E-state index contributed by atoms with van der Waals surface area (Å²) in [4.78, 5) is 20.5. The molecule has 0 spiro atoms. The molecule has 0 aliphatic rings. The number of carbonyl (C=O) groups excluding carboxylic acids is 1. The second kappa shape index (κ2) is 9.50. The number of hydrogen-bond donors (Lipinski definition) is 2. The number of unbranched alkanes of at least 4 members (excludes halogenated alkanes) is 1. The molecular weight excluding hydrogens is 304 g/mol. The highest BCUT2D eigenvalue weighted by atomic mass is 16.5. The largest absolute Gasteiger partial charge is 0.477 e. The molecule has 2 aromatic heterocycles. The average molecular weight is 328 g/mol. The lowest BCUT2D eigenvalue weighted by atomic mass is 10.2. The second-order valence-corrected chi connectivity index (χ2v) is 5.47. The highest BCUT2D eigenvalue weighted by Crippen LogP contribution is 2.14. The van der Waals surface area contributed by atoms with E-state index in [9.17, 15) is 4.79 Å². The molecule has 2 aromatic rings. The van der Waals surface area contributed by atoms with Crippen molar-refractivity contribution >= 4 is 6.03 Å². The van der Waals surface area contributed by atoms with Crippen LogP contribution in [0.4, 0.5) is 4.79 Å². The van der Waals surface area contributed by atoms with Gasteiger partial charge in [0.2, 0.25) is 5.88 Å². The van der Waals surface area contributed by atoms with Gasteiger partial charge in [0, 0.05) is 24.5 Å². The van der Waals surface area contributed by atoms with Gasteiger partial charge in [-0.25, -0.2) is 9.78 Å². The van der Waals surface area contributed by atoms with Gasteiger partial charge in [0.15, 0.2) is 0 Å². The van der Waals surface area contributed by atoms with Gasteiger partial charge in [-0.05, 0) is 31.5 Å². The van der Waals surface area contributed by atoms with Crippen molar-refractivity contribution in [1.82, 2.24) is 20.6 Å². The van der Waals surface area contributed by atoms with Crippen LogP contribution in [0.15, 0.2) is 42.7 Å². The van der Waals surface area contributed by atoms with Gasteiger partial charge in [-0.15, -0.1) is 0 Å². The number of nitrogens with one attached hydrogen (secondary N) is 2. The van der Waals surface area contributed by atoms with Crippen molar-refractivity contribution in [3.8, 4) is 5.88 Å². The SMILES string of the molecule is CCCCOc1ncccc1CNC(=O)N[C@H](C)c1ccccn1. The molecule has 24 heavy (non-hydrogen) atoms. The molecule has 1 atom stereocenters. The summed E-state index contributed by atoms with van der Waals surface area (Å²) in [6.45, 7) is 4.99. The molecule has 0 radical (unpaired) electrons. The fraction of sp³-hybridized carbons (Fsp3) is 0.389. The Balaban J connectivity index is 1.85. The Hall–Kier alpha value is -2.63. The molecule has 6 nitrogen and oxygen atoms in total. The summed E-state index contributed by atoms with van der Waals surface area (Å²) in [6, 6.07) is 8.93. The van der Waals surface area contributed by atoms with Crippen LogP contribution in [0.1, 0.15) is 44.0 Å². The fourth-order valence-corrected chi connectivity index (χ4v) is 2.13. The molecule has 0 saturated heterocycles. The minimum absolute atomic E-state index is 0.166. The Labute approximate surface area is 142 Å². The molecule has 6 heteroatoms. The zero-order chi connectivity index (χ0) is 17.2. The maximum absolute atomic E-state index is 12.1. The van der Waals surface area contributed by atoms with Crippen LogP contribution in [-0.4, -0.2) is 22.6 Å².